The maximum Gasteiger partial charge on any atom is 0.238 e. The Hall–Kier alpha value is -2.47. The summed E-state index contributed by atoms with van der Waals surface area (Å²) in [5.74, 6) is 1.49. The maximum atomic E-state index is 12.7. The molecular weight excluding hydrogens is 396 g/mol. The molecule has 30 heavy (non-hydrogen) atoms. The first-order chi connectivity index (χ1) is 14.7. The van der Waals surface area contributed by atoms with Crippen molar-refractivity contribution in [3.8, 4) is 5.75 Å². The number of benzene rings is 2. The van der Waals surface area contributed by atoms with Crippen LogP contribution in [0.3, 0.4) is 0 Å². The number of nitrogens with one attached hydrogen (secondary N) is 1. The minimum atomic E-state index is -0.109. The molecule has 1 saturated carbocycles. The van der Waals surface area contributed by atoms with Gasteiger partial charge in [-0.3, -0.25) is 14.5 Å². The number of nitrogens with zero attached hydrogens (tertiary/aromatic N) is 1. The molecule has 2 aromatic carbocycles. The third-order valence-corrected chi connectivity index (χ3v) is 6.94. The molecule has 2 fully saturated rings. The Labute approximate surface area is 182 Å². The highest BCUT2D eigenvalue weighted by Gasteiger charge is 2.35. The predicted molar refractivity (Wildman–Crippen MR) is 122 cm³/mol. The van der Waals surface area contributed by atoms with Crippen LogP contribution in [0.4, 0.5) is 11.4 Å². The lowest BCUT2D eigenvalue weighted by atomic mass is 9.88. The summed E-state index contributed by atoms with van der Waals surface area (Å²) in [7, 11) is 0. The third kappa shape index (κ3) is 4.48. The first-order valence-electron chi connectivity index (χ1n) is 10.7. The molecule has 6 heteroatoms. The number of carbonyl (C=O) groups excluding carboxylic acids is 2. The van der Waals surface area contributed by atoms with E-state index in [9.17, 15) is 9.59 Å². The van der Waals surface area contributed by atoms with E-state index in [0.29, 0.717) is 12.4 Å². The van der Waals surface area contributed by atoms with Crippen LogP contribution in [0.25, 0.3) is 0 Å². The monoisotopic (exact) mass is 424 g/mol. The van der Waals surface area contributed by atoms with Gasteiger partial charge in [0, 0.05) is 11.6 Å². The fraction of sp³-hybridized carbons (Fsp3) is 0.417. The Kier molecular flexibility index (Phi) is 6.62. The summed E-state index contributed by atoms with van der Waals surface area (Å²) >= 11 is 1.61. The van der Waals surface area contributed by atoms with E-state index in [0.717, 1.165) is 48.4 Å². The highest BCUT2D eigenvalue weighted by molar-refractivity contribution is 8.00. The van der Waals surface area contributed by atoms with Crippen molar-refractivity contribution in [3.05, 3.63) is 54.1 Å². The number of amides is 2. The van der Waals surface area contributed by atoms with Crippen molar-refractivity contribution in [1.82, 2.24) is 0 Å². The molecule has 0 radical (unpaired) electrons. The molecular formula is C24H28N2O3S. The highest BCUT2D eigenvalue weighted by Crippen LogP contribution is 2.45. The Morgan fingerprint density at radius 2 is 1.83 bits per heavy atom. The molecule has 1 atom stereocenters. The predicted octanol–water partition coefficient (Wildman–Crippen LogP) is 5.38. The molecule has 0 aromatic heterocycles. The van der Waals surface area contributed by atoms with Gasteiger partial charge in [-0.05, 0) is 49.6 Å². The van der Waals surface area contributed by atoms with Crippen molar-refractivity contribution in [2.24, 2.45) is 5.92 Å². The van der Waals surface area contributed by atoms with Crippen LogP contribution in [0, 0.1) is 5.92 Å². The summed E-state index contributed by atoms with van der Waals surface area (Å²) in [6.07, 6.45) is 5.49. The Morgan fingerprint density at radius 1 is 1.10 bits per heavy atom. The molecule has 0 unspecified atom stereocenters. The van der Waals surface area contributed by atoms with E-state index in [1.54, 1.807) is 11.8 Å². The van der Waals surface area contributed by atoms with Gasteiger partial charge in [-0.25, -0.2) is 0 Å². The lowest BCUT2D eigenvalue weighted by molar-refractivity contribution is -0.120. The summed E-state index contributed by atoms with van der Waals surface area (Å²) < 4.78 is 5.75. The zero-order valence-corrected chi connectivity index (χ0v) is 18.1. The van der Waals surface area contributed by atoms with Gasteiger partial charge in [0.25, 0.3) is 0 Å². The van der Waals surface area contributed by atoms with Crippen molar-refractivity contribution in [1.29, 1.82) is 0 Å². The average Bonchev–Trinajstić information content (AvgIpc) is 3.17. The van der Waals surface area contributed by atoms with E-state index in [4.69, 9.17) is 4.74 Å². The molecule has 1 heterocycles. The van der Waals surface area contributed by atoms with Gasteiger partial charge < -0.3 is 10.1 Å². The van der Waals surface area contributed by atoms with Gasteiger partial charge in [0.15, 0.2) is 0 Å². The van der Waals surface area contributed by atoms with Gasteiger partial charge in [-0.1, -0.05) is 43.5 Å². The molecule has 1 aliphatic carbocycles. The van der Waals surface area contributed by atoms with E-state index < -0.39 is 0 Å². The van der Waals surface area contributed by atoms with E-state index >= 15 is 0 Å². The molecule has 5 nitrogen and oxygen atoms in total. The van der Waals surface area contributed by atoms with Crippen LogP contribution in [0.2, 0.25) is 0 Å². The molecule has 1 saturated heterocycles. The quantitative estimate of drug-likeness (QED) is 0.676. The van der Waals surface area contributed by atoms with Gasteiger partial charge in [0.1, 0.15) is 11.1 Å². The number of para-hydroxylation sites is 2. The first kappa shape index (κ1) is 20.8. The molecule has 0 bridgehead atoms. The van der Waals surface area contributed by atoms with Crippen LogP contribution in [-0.4, -0.2) is 24.2 Å². The van der Waals surface area contributed by atoms with Gasteiger partial charge in [-0.2, -0.15) is 0 Å². The smallest absolute Gasteiger partial charge is 0.238 e. The summed E-state index contributed by atoms with van der Waals surface area (Å²) in [5, 5.41) is 2.95. The molecule has 1 aliphatic heterocycles. The number of anilines is 2. The molecule has 2 aromatic rings. The Morgan fingerprint density at radius 3 is 2.57 bits per heavy atom. The Balaban J connectivity index is 1.50. The standard InChI is InChI=1S/C24H28N2O3S/c1-2-29-21-11-7-6-10-20(21)26-22(27)16-30-24(26)18-12-14-19(15-13-18)25-23(28)17-8-4-3-5-9-17/h6-7,10-15,17,24H,2-5,8-9,16H2,1H3,(H,25,28)/t24-/m1/s1. The first-order valence-corrected chi connectivity index (χ1v) is 11.8. The number of hydrogen-bond acceptors (Lipinski definition) is 4. The zero-order valence-electron chi connectivity index (χ0n) is 17.3. The SMILES string of the molecule is CCOc1ccccc1N1C(=O)CS[C@@H]1c1ccc(NC(=O)C2CCCCC2)cc1. The van der Waals surface area contributed by atoms with Crippen LogP contribution in [0.1, 0.15) is 50.0 Å². The molecule has 2 amide bonds. The minimum absolute atomic E-state index is 0.0758. The normalized spacial score (nSPS) is 19.7. The third-order valence-electron chi connectivity index (χ3n) is 5.73. The lowest BCUT2D eigenvalue weighted by Crippen LogP contribution is -2.28. The van der Waals surface area contributed by atoms with Crippen LogP contribution in [0.15, 0.2) is 48.5 Å². The second-order valence-corrected chi connectivity index (χ2v) is 8.84. The number of carbonyl (C=O) groups is 2. The molecule has 4 rings (SSSR count). The summed E-state index contributed by atoms with van der Waals surface area (Å²) in [6.45, 7) is 2.49. The van der Waals surface area contributed by atoms with Crippen molar-refractivity contribution in [2.75, 3.05) is 22.6 Å². The lowest BCUT2D eigenvalue weighted by Gasteiger charge is -2.26. The topological polar surface area (TPSA) is 58.6 Å². The largest absolute Gasteiger partial charge is 0.492 e. The van der Waals surface area contributed by atoms with Gasteiger partial charge in [0.05, 0.1) is 18.0 Å². The molecule has 1 N–H and O–H groups in total. The van der Waals surface area contributed by atoms with E-state index in [1.165, 1.54) is 6.42 Å². The number of hydrogen-bond donors (Lipinski definition) is 1. The maximum absolute atomic E-state index is 12.7. The fourth-order valence-electron chi connectivity index (χ4n) is 4.20. The van der Waals surface area contributed by atoms with Gasteiger partial charge in [-0.15, -0.1) is 11.8 Å². The number of ether oxygens (including phenoxy) is 1. The van der Waals surface area contributed by atoms with Crippen LogP contribution < -0.4 is 15.0 Å². The van der Waals surface area contributed by atoms with Gasteiger partial charge >= 0.3 is 0 Å². The second-order valence-electron chi connectivity index (χ2n) is 7.77. The summed E-state index contributed by atoms with van der Waals surface area (Å²) in [4.78, 5) is 27.0. The fourth-order valence-corrected chi connectivity index (χ4v) is 5.37. The highest BCUT2D eigenvalue weighted by atomic mass is 32.2. The van der Waals surface area contributed by atoms with Crippen LogP contribution in [-0.2, 0) is 9.59 Å². The van der Waals surface area contributed by atoms with E-state index in [1.807, 2.05) is 60.4 Å². The van der Waals surface area contributed by atoms with Gasteiger partial charge in [0.2, 0.25) is 11.8 Å². The summed E-state index contributed by atoms with van der Waals surface area (Å²) in [5.41, 5.74) is 2.65. The molecule has 158 valence electrons. The van der Waals surface area contributed by atoms with Crippen molar-refractivity contribution >= 4 is 35.0 Å². The van der Waals surface area contributed by atoms with Crippen LogP contribution >= 0.6 is 11.8 Å². The number of thioether (sulfide) groups is 1. The van der Waals surface area contributed by atoms with E-state index in [2.05, 4.69) is 5.32 Å². The van der Waals surface area contributed by atoms with Crippen molar-refractivity contribution in [2.45, 2.75) is 44.4 Å². The van der Waals surface area contributed by atoms with Crippen molar-refractivity contribution in [3.63, 3.8) is 0 Å². The van der Waals surface area contributed by atoms with Crippen molar-refractivity contribution < 1.29 is 14.3 Å². The Bertz CT molecular complexity index is 894. The summed E-state index contributed by atoms with van der Waals surface area (Å²) in [6, 6.07) is 15.6. The van der Waals surface area contributed by atoms with E-state index in [-0.39, 0.29) is 23.1 Å². The number of rotatable bonds is 6. The average molecular weight is 425 g/mol. The minimum Gasteiger partial charge on any atom is -0.492 e. The zero-order chi connectivity index (χ0) is 20.9. The molecule has 2 aliphatic rings. The molecule has 0 spiro atoms. The second kappa shape index (κ2) is 9.56. The van der Waals surface area contributed by atoms with Crippen LogP contribution in [0.5, 0.6) is 5.75 Å².